The summed E-state index contributed by atoms with van der Waals surface area (Å²) in [6.45, 7) is 0. The summed E-state index contributed by atoms with van der Waals surface area (Å²) < 4.78 is 1.19. The van der Waals surface area contributed by atoms with Crippen molar-refractivity contribution in [1.82, 2.24) is 0 Å². The molecule has 1 aromatic carbocycles. The van der Waals surface area contributed by atoms with Gasteiger partial charge in [-0.25, -0.2) is 0 Å². The highest BCUT2D eigenvalue weighted by Gasteiger charge is 2.34. The van der Waals surface area contributed by atoms with Gasteiger partial charge in [-0.1, -0.05) is 12.1 Å². The number of hydrogen-bond acceptors (Lipinski definition) is 2. The molecule has 1 aliphatic carbocycles. The molecule has 0 heterocycles. The highest BCUT2D eigenvalue weighted by Crippen LogP contribution is 2.37. The first-order chi connectivity index (χ1) is 6.68. The van der Waals surface area contributed by atoms with Crippen molar-refractivity contribution in [3.05, 3.63) is 33.4 Å². The normalized spacial score (nSPS) is 20.5. The van der Waals surface area contributed by atoms with Crippen molar-refractivity contribution in [2.24, 2.45) is 11.7 Å². The van der Waals surface area contributed by atoms with Gasteiger partial charge in [0.05, 0.1) is 12.1 Å². The van der Waals surface area contributed by atoms with E-state index in [0.717, 1.165) is 18.4 Å². The molecule has 3 heteroatoms. The van der Waals surface area contributed by atoms with Crippen LogP contribution in [0.2, 0.25) is 0 Å². The number of rotatable bonds is 3. The molecule has 0 aromatic heterocycles. The van der Waals surface area contributed by atoms with E-state index in [4.69, 9.17) is 5.73 Å². The lowest BCUT2D eigenvalue weighted by Crippen LogP contribution is -2.27. The molecule has 2 atom stereocenters. The van der Waals surface area contributed by atoms with Crippen molar-refractivity contribution < 1.29 is 5.11 Å². The molecule has 0 bridgehead atoms. The van der Waals surface area contributed by atoms with E-state index in [1.54, 1.807) is 0 Å². The Labute approximate surface area is 97.6 Å². The standard InChI is InChI=1S/C11H14INO/c12-9-5-3-7(4-6-9)10(13)11(14)8-1-2-8/h3-6,8,10-11,14H,1-2,13H2/t10-,11+/m1/s1. The topological polar surface area (TPSA) is 46.2 Å². The van der Waals surface area contributed by atoms with Crippen LogP contribution in [0.25, 0.3) is 0 Å². The molecule has 0 amide bonds. The first kappa shape index (κ1) is 10.4. The second kappa shape index (κ2) is 4.16. The van der Waals surface area contributed by atoms with Crippen molar-refractivity contribution in [1.29, 1.82) is 0 Å². The van der Waals surface area contributed by atoms with Crippen LogP contribution in [-0.4, -0.2) is 11.2 Å². The number of hydrogen-bond donors (Lipinski definition) is 2. The number of benzene rings is 1. The zero-order valence-corrected chi connectivity index (χ0v) is 10.0. The molecule has 1 aromatic rings. The van der Waals surface area contributed by atoms with E-state index in [-0.39, 0.29) is 12.1 Å². The molecule has 14 heavy (non-hydrogen) atoms. The number of aliphatic hydroxyl groups excluding tert-OH is 1. The molecule has 0 radical (unpaired) electrons. The Morgan fingerprint density at radius 3 is 2.36 bits per heavy atom. The average molecular weight is 303 g/mol. The van der Waals surface area contributed by atoms with Gasteiger partial charge in [-0.2, -0.15) is 0 Å². The fourth-order valence-corrected chi connectivity index (χ4v) is 1.97. The highest BCUT2D eigenvalue weighted by molar-refractivity contribution is 14.1. The molecule has 0 spiro atoms. The van der Waals surface area contributed by atoms with Crippen LogP contribution in [0.5, 0.6) is 0 Å². The predicted molar refractivity (Wildman–Crippen MR) is 64.8 cm³/mol. The zero-order valence-electron chi connectivity index (χ0n) is 7.86. The number of aliphatic hydroxyl groups is 1. The van der Waals surface area contributed by atoms with Gasteiger partial charge < -0.3 is 10.8 Å². The zero-order chi connectivity index (χ0) is 10.1. The van der Waals surface area contributed by atoms with Gasteiger partial charge in [-0.15, -0.1) is 0 Å². The second-order valence-corrected chi connectivity index (χ2v) is 5.15. The maximum atomic E-state index is 9.85. The molecule has 1 fully saturated rings. The van der Waals surface area contributed by atoms with Crippen LogP contribution in [0.3, 0.4) is 0 Å². The van der Waals surface area contributed by atoms with E-state index in [1.807, 2.05) is 24.3 Å². The van der Waals surface area contributed by atoms with E-state index in [2.05, 4.69) is 22.6 Å². The van der Waals surface area contributed by atoms with E-state index in [1.165, 1.54) is 3.57 Å². The lowest BCUT2D eigenvalue weighted by Gasteiger charge is -2.18. The maximum absolute atomic E-state index is 9.85. The lowest BCUT2D eigenvalue weighted by atomic mass is 9.99. The molecular formula is C11H14INO. The monoisotopic (exact) mass is 303 g/mol. The van der Waals surface area contributed by atoms with Crippen LogP contribution in [0.15, 0.2) is 24.3 Å². The van der Waals surface area contributed by atoms with Crippen LogP contribution in [-0.2, 0) is 0 Å². The predicted octanol–water partition coefficient (Wildman–Crippen LogP) is 2.06. The minimum Gasteiger partial charge on any atom is -0.391 e. The lowest BCUT2D eigenvalue weighted by molar-refractivity contribution is 0.122. The smallest absolute Gasteiger partial charge is 0.0760 e. The van der Waals surface area contributed by atoms with Crippen LogP contribution in [0.4, 0.5) is 0 Å². The summed E-state index contributed by atoms with van der Waals surface area (Å²) in [6.07, 6.45) is 1.88. The first-order valence-corrected chi connectivity index (χ1v) is 5.95. The molecule has 2 nitrogen and oxygen atoms in total. The minimum atomic E-state index is -0.366. The Balaban J connectivity index is 2.09. The van der Waals surface area contributed by atoms with E-state index in [0.29, 0.717) is 5.92 Å². The van der Waals surface area contributed by atoms with Crippen LogP contribution in [0.1, 0.15) is 24.4 Å². The van der Waals surface area contributed by atoms with Crippen molar-refractivity contribution in [2.75, 3.05) is 0 Å². The second-order valence-electron chi connectivity index (χ2n) is 3.91. The third-order valence-electron chi connectivity index (χ3n) is 2.73. The van der Waals surface area contributed by atoms with Gasteiger partial charge in [0.15, 0.2) is 0 Å². The Morgan fingerprint density at radius 1 is 1.29 bits per heavy atom. The van der Waals surface area contributed by atoms with Crippen LogP contribution < -0.4 is 5.73 Å². The van der Waals surface area contributed by atoms with Crippen LogP contribution >= 0.6 is 22.6 Å². The number of nitrogens with two attached hydrogens (primary N) is 1. The maximum Gasteiger partial charge on any atom is 0.0760 e. The van der Waals surface area contributed by atoms with Crippen molar-refractivity contribution in [3.63, 3.8) is 0 Å². The highest BCUT2D eigenvalue weighted by atomic mass is 127. The van der Waals surface area contributed by atoms with Gasteiger partial charge in [0.2, 0.25) is 0 Å². The summed E-state index contributed by atoms with van der Waals surface area (Å²) >= 11 is 2.26. The van der Waals surface area contributed by atoms with Gasteiger partial charge in [0, 0.05) is 3.57 Å². The summed E-state index contributed by atoms with van der Waals surface area (Å²) in [5, 5.41) is 9.85. The Hall–Kier alpha value is -0.130. The summed E-state index contributed by atoms with van der Waals surface area (Å²) in [5.41, 5.74) is 7.01. The molecule has 0 unspecified atom stereocenters. The van der Waals surface area contributed by atoms with Crippen molar-refractivity contribution in [2.45, 2.75) is 25.0 Å². The average Bonchev–Trinajstić information content (AvgIpc) is 3.00. The summed E-state index contributed by atoms with van der Waals surface area (Å²) in [7, 11) is 0. The van der Waals surface area contributed by atoms with Gasteiger partial charge in [0.1, 0.15) is 0 Å². The largest absolute Gasteiger partial charge is 0.391 e. The van der Waals surface area contributed by atoms with Crippen LogP contribution in [0, 0.1) is 9.49 Å². The molecule has 1 aliphatic rings. The minimum absolute atomic E-state index is 0.223. The molecule has 2 rings (SSSR count). The fraction of sp³-hybridized carbons (Fsp3) is 0.455. The van der Waals surface area contributed by atoms with Crippen molar-refractivity contribution >= 4 is 22.6 Å². The number of halogens is 1. The Morgan fingerprint density at radius 2 is 1.86 bits per heavy atom. The SMILES string of the molecule is N[C@H](c1ccc(I)cc1)[C@@H](O)C1CC1. The Bertz CT molecular complexity index is 308. The quantitative estimate of drug-likeness (QED) is 0.840. The van der Waals surface area contributed by atoms with E-state index in [9.17, 15) is 5.11 Å². The molecule has 76 valence electrons. The summed E-state index contributed by atoms with van der Waals surface area (Å²) in [5.74, 6) is 0.435. The molecule has 0 saturated heterocycles. The molecule has 3 N–H and O–H groups in total. The van der Waals surface area contributed by atoms with Gasteiger partial charge in [-0.3, -0.25) is 0 Å². The summed E-state index contributed by atoms with van der Waals surface area (Å²) in [6, 6.07) is 7.82. The van der Waals surface area contributed by atoms with Gasteiger partial charge >= 0.3 is 0 Å². The summed E-state index contributed by atoms with van der Waals surface area (Å²) in [4.78, 5) is 0. The fourth-order valence-electron chi connectivity index (χ4n) is 1.61. The third kappa shape index (κ3) is 2.27. The van der Waals surface area contributed by atoms with E-state index < -0.39 is 0 Å². The third-order valence-corrected chi connectivity index (χ3v) is 3.45. The molecule has 0 aliphatic heterocycles. The Kier molecular flexibility index (Phi) is 3.09. The first-order valence-electron chi connectivity index (χ1n) is 4.87. The van der Waals surface area contributed by atoms with Crippen molar-refractivity contribution in [3.8, 4) is 0 Å². The molecular weight excluding hydrogens is 289 g/mol. The van der Waals surface area contributed by atoms with Gasteiger partial charge in [-0.05, 0) is 59.0 Å². The van der Waals surface area contributed by atoms with Gasteiger partial charge in [0.25, 0.3) is 0 Å². The molecule has 1 saturated carbocycles. The van der Waals surface area contributed by atoms with E-state index >= 15 is 0 Å².